The molecule has 2 N–H and O–H groups in total. The zero-order chi connectivity index (χ0) is 13.9. The predicted octanol–water partition coefficient (Wildman–Crippen LogP) is 3.11. The van der Waals surface area contributed by atoms with Gasteiger partial charge in [0.2, 0.25) is 5.91 Å². The molecule has 0 saturated carbocycles. The number of hydrogen-bond donors (Lipinski definition) is 1. The summed E-state index contributed by atoms with van der Waals surface area (Å²) in [6.45, 7) is 0.922. The van der Waals surface area contributed by atoms with E-state index in [0.29, 0.717) is 6.04 Å². The van der Waals surface area contributed by atoms with Gasteiger partial charge in [0.15, 0.2) is 0 Å². The second-order valence-electron chi connectivity index (χ2n) is 5.13. The fourth-order valence-corrected chi connectivity index (χ4v) is 3.92. The number of carbonyl (C=O) groups is 1. The van der Waals surface area contributed by atoms with Crippen LogP contribution in [0.2, 0.25) is 0 Å². The summed E-state index contributed by atoms with van der Waals surface area (Å²) in [4.78, 5) is 15.6. The zero-order valence-electron chi connectivity index (χ0n) is 11.2. The lowest BCUT2D eigenvalue weighted by Crippen LogP contribution is -2.37. The molecule has 1 aromatic heterocycles. The summed E-state index contributed by atoms with van der Waals surface area (Å²) in [7, 11) is 0. The Morgan fingerprint density at radius 2 is 2.05 bits per heavy atom. The molecule has 0 radical (unpaired) electrons. The molecule has 2 atom stereocenters. The molecule has 1 aromatic carbocycles. The van der Waals surface area contributed by atoms with Crippen LogP contribution in [0.25, 0.3) is 0 Å². The van der Waals surface area contributed by atoms with E-state index in [1.54, 1.807) is 11.3 Å². The van der Waals surface area contributed by atoms with Gasteiger partial charge in [-0.3, -0.25) is 9.69 Å². The first-order valence-corrected chi connectivity index (χ1v) is 7.79. The molecular formula is C16H18N2OS. The quantitative estimate of drug-likeness (QED) is 0.938. The number of benzene rings is 1. The van der Waals surface area contributed by atoms with Gasteiger partial charge in [-0.1, -0.05) is 36.4 Å². The topological polar surface area (TPSA) is 46.3 Å². The Kier molecular flexibility index (Phi) is 3.85. The van der Waals surface area contributed by atoms with Crippen LogP contribution in [0.3, 0.4) is 0 Å². The fourth-order valence-electron chi connectivity index (χ4n) is 3.04. The normalized spacial score (nSPS) is 20.9. The van der Waals surface area contributed by atoms with E-state index in [4.69, 9.17) is 5.73 Å². The molecule has 1 fully saturated rings. The van der Waals surface area contributed by atoms with Gasteiger partial charge in [0.05, 0.1) is 0 Å². The number of rotatable bonds is 4. The van der Waals surface area contributed by atoms with E-state index < -0.39 is 0 Å². The minimum absolute atomic E-state index is 0.264. The summed E-state index contributed by atoms with van der Waals surface area (Å²) in [6.07, 6.45) is 2.20. The highest BCUT2D eigenvalue weighted by Crippen LogP contribution is 2.40. The molecular weight excluding hydrogens is 268 g/mol. The molecule has 3 rings (SSSR count). The summed E-state index contributed by atoms with van der Waals surface area (Å²) >= 11 is 1.75. The first kappa shape index (κ1) is 13.3. The van der Waals surface area contributed by atoms with Crippen LogP contribution in [0.5, 0.6) is 0 Å². The van der Waals surface area contributed by atoms with Crippen LogP contribution in [0.1, 0.15) is 35.4 Å². The van der Waals surface area contributed by atoms with E-state index in [0.717, 1.165) is 24.9 Å². The molecule has 20 heavy (non-hydrogen) atoms. The minimum atomic E-state index is -0.328. The minimum Gasteiger partial charge on any atom is -0.368 e. The Bertz CT molecular complexity index is 567. The summed E-state index contributed by atoms with van der Waals surface area (Å²) < 4.78 is 0. The van der Waals surface area contributed by atoms with Crippen LogP contribution in [-0.2, 0) is 4.79 Å². The highest BCUT2D eigenvalue weighted by atomic mass is 32.1. The van der Waals surface area contributed by atoms with Crippen molar-refractivity contribution < 1.29 is 4.79 Å². The van der Waals surface area contributed by atoms with Crippen molar-refractivity contribution in [2.24, 2.45) is 5.73 Å². The van der Waals surface area contributed by atoms with Gasteiger partial charge in [-0.05, 0) is 36.4 Å². The van der Waals surface area contributed by atoms with E-state index >= 15 is 0 Å². The van der Waals surface area contributed by atoms with Crippen LogP contribution >= 0.6 is 11.3 Å². The number of nitrogens with two attached hydrogens (primary N) is 1. The lowest BCUT2D eigenvalue weighted by atomic mass is 10.0. The van der Waals surface area contributed by atoms with Gasteiger partial charge >= 0.3 is 0 Å². The third kappa shape index (κ3) is 2.49. The molecule has 0 spiro atoms. The maximum Gasteiger partial charge on any atom is 0.239 e. The van der Waals surface area contributed by atoms with Gasteiger partial charge in [0.25, 0.3) is 0 Å². The van der Waals surface area contributed by atoms with Crippen molar-refractivity contribution in [3.8, 4) is 0 Å². The van der Waals surface area contributed by atoms with Crippen LogP contribution in [-0.4, -0.2) is 17.4 Å². The molecule has 4 heteroatoms. The lowest BCUT2D eigenvalue weighted by molar-refractivity contribution is -0.123. The molecule has 104 valence electrons. The third-order valence-corrected chi connectivity index (χ3v) is 4.86. The van der Waals surface area contributed by atoms with Gasteiger partial charge in [-0.25, -0.2) is 0 Å². The van der Waals surface area contributed by atoms with Crippen LogP contribution < -0.4 is 5.73 Å². The molecule has 2 heterocycles. The van der Waals surface area contributed by atoms with Crippen molar-refractivity contribution >= 4 is 17.2 Å². The average molecular weight is 286 g/mol. The van der Waals surface area contributed by atoms with E-state index in [2.05, 4.69) is 22.4 Å². The van der Waals surface area contributed by atoms with Crippen molar-refractivity contribution in [3.05, 3.63) is 58.3 Å². The van der Waals surface area contributed by atoms with Gasteiger partial charge < -0.3 is 5.73 Å². The van der Waals surface area contributed by atoms with Crippen LogP contribution in [0.4, 0.5) is 0 Å². The number of hydrogen-bond acceptors (Lipinski definition) is 3. The van der Waals surface area contributed by atoms with Crippen molar-refractivity contribution in [3.63, 3.8) is 0 Å². The average Bonchev–Trinajstić information content (AvgIpc) is 3.09. The Hall–Kier alpha value is -1.65. The largest absolute Gasteiger partial charge is 0.368 e. The fraction of sp³-hybridized carbons (Fsp3) is 0.312. The predicted molar refractivity (Wildman–Crippen MR) is 81.4 cm³/mol. The van der Waals surface area contributed by atoms with Gasteiger partial charge in [-0.2, -0.15) is 0 Å². The second kappa shape index (κ2) is 5.77. The van der Waals surface area contributed by atoms with E-state index in [1.165, 1.54) is 4.88 Å². The highest BCUT2D eigenvalue weighted by molar-refractivity contribution is 7.10. The molecule has 2 aromatic rings. The molecule has 0 bridgehead atoms. The molecule has 3 nitrogen and oxygen atoms in total. The van der Waals surface area contributed by atoms with E-state index in [-0.39, 0.29) is 11.9 Å². The highest BCUT2D eigenvalue weighted by Gasteiger charge is 2.35. The maximum atomic E-state index is 12.0. The maximum absolute atomic E-state index is 12.0. The summed E-state index contributed by atoms with van der Waals surface area (Å²) in [5.74, 6) is -0.264. The number of primary amides is 1. The first-order valence-electron chi connectivity index (χ1n) is 6.91. The van der Waals surface area contributed by atoms with Crippen LogP contribution in [0.15, 0.2) is 47.8 Å². The number of nitrogens with zero attached hydrogens (tertiary/aromatic N) is 1. The van der Waals surface area contributed by atoms with Crippen molar-refractivity contribution in [1.82, 2.24) is 4.90 Å². The Morgan fingerprint density at radius 3 is 2.70 bits per heavy atom. The molecule has 0 unspecified atom stereocenters. The summed E-state index contributed by atoms with van der Waals surface area (Å²) in [6, 6.07) is 14.1. The lowest BCUT2D eigenvalue weighted by Gasteiger charge is -2.30. The Balaban J connectivity index is 1.93. The number of thiophene rings is 1. The SMILES string of the molecule is NC(=O)[C@@H](c1ccccc1)N1CCC[C@@H]1c1cccs1. The van der Waals surface area contributed by atoms with E-state index in [9.17, 15) is 4.79 Å². The second-order valence-corrected chi connectivity index (χ2v) is 6.11. The Labute approximate surface area is 123 Å². The molecule has 1 saturated heterocycles. The zero-order valence-corrected chi connectivity index (χ0v) is 12.1. The van der Waals surface area contributed by atoms with Crippen LogP contribution in [0, 0.1) is 0 Å². The van der Waals surface area contributed by atoms with Gasteiger partial charge in [0, 0.05) is 10.9 Å². The van der Waals surface area contributed by atoms with Gasteiger partial charge in [-0.15, -0.1) is 11.3 Å². The van der Waals surface area contributed by atoms with Crippen molar-refractivity contribution in [2.45, 2.75) is 24.9 Å². The van der Waals surface area contributed by atoms with Crippen molar-refractivity contribution in [2.75, 3.05) is 6.54 Å². The molecule has 0 aliphatic carbocycles. The summed E-state index contributed by atoms with van der Waals surface area (Å²) in [5.41, 5.74) is 6.68. The molecule has 1 aliphatic heterocycles. The number of likely N-dealkylation sites (tertiary alicyclic amines) is 1. The standard InChI is InChI=1S/C16H18N2OS/c17-16(19)15(12-6-2-1-3-7-12)18-10-4-8-13(18)14-9-5-11-20-14/h1-3,5-7,9,11,13,15H,4,8,10H2,(H2,17,19)/t13-,15-/m1/s1. The number of amides is 1. The number of carbonyl (C=O) groups excluding carboxylic acids is 1. The summed E-state index contributed by atoms with van der Waals surface area (Å²) in [5, 5.41) is 2.09. The van der Waals surface area contributed by atoms with E-state index in [1.807, 2.05) is 30.3 Å². The first-order chi connectivity index (χ1) is 9.77. The van der Waals surface area contributed by atoms with Gasteiger partial charge in [0.1, 0.15) is 6.04 Å². The van der Waals surface area contributed by atoms with Crippen molar-refractivity contribution in [1.29, 1.82) is 0 Å². The Morgan fingerprint density at radius 1 is 1.25 bits per heavy atom. The molecule has 1 aliphatic rings. The molecule has 1 amide bonds. The third-order valence-electron chi connectivity index (χ3n) is 3.88. The smallest absolute Gasteiger partial charge is 0.239 e. The monoisotopic (exact) mass is 286 g/mol.